The van der Waals surface area contributed by atoms with Crippen molar-refractivity contribution in [2.24, 2.45) is 0 Å². The second-order valence-electron chi connectivity index (χ2n) is 3.02. The monoisotopic (exact) mass is 217 g/mol. The first-order chi connectivity index (χ1) is 7.08. The predicted molar refractivity (Wildman–Crippen MR) is 44.3 cm³/mol. The molecular formula is C8H7F2N2O3+. The Morgan fingerprint density at radius 2 is 2.40 bits per heavy atom. The van der Waals surface area contributed by atoms with E-state index in [1.807, 2.05) is 0 Å². The lowest BCUT2D eigenvalue weighted by atomic mass is 10.3. The summed E-state index contributed by atoms with van der Waals surface area (Å²) in [5.74, 6) is -1.51. The quantitative estimate of drug-likeness (QED) is 0.753. The van der Waals surface area contributed by atoms with E-state index in [-0.39, 0.29) is 30.3 Å². The number of ketones is 1. The average Bonchev–Trinajstić information content (AvgIpc) is 2.59. The number of alkyl halides is 2. The number of nitrogens with zero attached hydrogens (tertiary/aromatic N) is 2. The molecule has 1 aromatic heterocycles. The van der Waals surface area contributed by atoms with Crippen molar-refractivity contribution in [2.45, 2.75) is 19.4 Å². The summed E-state index contributed by atoms with van der Waals surface area (Å²) in [7, 11) is 0. The minimum Gasteiger partial charge on any atom is -0.476 e. The van der Waals surface area contributed by atoms with Gasteiger partial charge in [0.2, 0.25) is 0 Å². The highest BCUT2D eigenvalue weighted by molar-refractivity contribution is 5.86. The van der Waals surface area contributed by atoms with E-state index in [9.17, 15) is 13.6 Å². The van der Waals surface area contributed by atoms with Crippen LogP contribution in [-0.2, 0) is 11.0 Å². The van der Waals surface area contributed by atoms with Crippen LogP contribution in [0.25, 0.3) is 0 Å². The van der Waals surface area contributed by atoms with Crippen LogP contribution < -0.4 is 0 Å². The van der Waals surface area contributed by atoms with Gasteiger partial charge in [-0.05, 0) is 0 Å². The van der Waals surface area contributed by atoms with Gasteiger partial charge >= 0.3 is 24.1 Å². The van der Waals surface area contributed by atoms with E-state index in [4.69, 9.17) is 9.53 Å². The van der Waals surface area contributed by atoms with Crippen molar-refractivity contribution in [2.75, 3.05) is 0 Å². The number of fused-ring (bicyclic) bond motifs is 1. The van der Waals surface area contributed by atoms with Gasteiger partial charge in [-0.25, -0.2) is 4.79 Å². The fourth-order valence-corrected chi connectivity index (χ4v) is 1.30. The van der Waals surface area contributed by atoms with Gasteiger partial charge in [0.15, 0.2) is 5.69 Å². The molecule has 80 valence electrons. The minimum absolute atomic E-state index is 0.0470. The number of hydrogen-bond donors (Lipinski definition) is 1. The Morgan fingerprint density at radius 3 is 3.00 bits per heavy atom. The Kier molecular flexibility index (Phi) is 2.22. The number of aryl methyl sites for hydroxylation is 1. The van der Waals surface area contributed by atoms with Gasteiger partial charge in [0.25, 0.3) is 0 Å². The fourth-order valence-electron chi connectivity index (χ4n) is 1.30. The molecule has 1 aliphatic rings. The number of carboxylic acid groups (broad SMARTS) is 1. The smallest absolute Gasteiger partial charge is 0.451 e. The van der Waals surface area contributed by atoms with E-state index in [1.54, 1.807) is 0 Å². The average molecular weight is 217 g/mol. The van der Waals surface area contributed by atoms with Crippen LogP contribution in [0.4, 0.5) is 8.78 Å². The zero-order valence-electron chi connectivity index (χ0n) is 7.48. The Balaban J connectivity index is 2.38. The van der Waals surface area contributed by atoms with Crippen molar-refractivity contribution in [3.63, 3.8) is 0 Å². The molecule has 0 saturated carbocycles. The third-order valence-corrected chi connectivity index (χ3v) is 2.01. The highest BCUT2D eigenvalue weighted by atomic mass is 19.3. The van der Waals surface area contributed by atoms with Crippen LogP contribution in [0.1, 0.15) is 16.9 Å². The van der Waals surface area contributed by atoms with Gasteiger partial charge < -0.3 is 5.11 Å². The molecule has 2 rings (SSSR count). The Labute approximate surface area is 82.6 Å². The molecule has 7 heteroatoms. The molecule has 0 spiro atoms. The summed E-state index contributed by atoms with van der Waals surface area (Å²) in [6, 6.07) is 1.13. The first kappa shape index (κ1) is 9.75. The molecule has 0 radical (unpaired) electrons. The topological polar surface area (TPSA) is 66.4 Å². The lowest BCUT2D eigenvalue weighted by molar-refractivity contribution is -0.387. The van der Waals surface area contributed by atoms with Gasteiger partial charge in [0.05, 0.1) is 13.0 Å². The lowest BCUT2D eigenvalue weighted by Crippen LogP contribution is -2.20. The normalized spacial score (nSPS) is 15.0. The van der Waals surface area contributed by atoms with Crippen LogP contribution in [0.15, 0.2) is 6.07 Å². The van der Waals surface area contributed by atoms with Gasteiger partial charge in [0.1, 0.15) is 6.07 Å². The predicted octanol–water partition coefficient (Wildman–Crippen LogP) is 1.07. The number of aromatic carboxylic acids is 1. The van der Waals surface area contributed by atoms with Gasteiger partial charge in [-0.2, -0.15) is 23.0 Å². The van der Waals surface area contributed by atoms with Crippen molar-refractivity contribution < 1.29 is 23.1 Å². The molecule has 1 aliphatic heterocycles. The lowest BCUT2D eigenvalue weighted by Gasteiger charge is -2.01. The van der Waals surface area contributed by atoms with E-state index in [0.717, 1.165) is 6.07 Å². The number of aromatic nitrogens is 2. The largest absolute Gasteiger partial charge is 0.476 e. The second-order valence-corrected chi connectivity index (χ2v) is 3.02. The van der Waals surface area contributed by atoms with Gasteiger partial charge in [-0.1, -0.05) is 0 Å². The number of rotatable bonds is 2. The summed E-state index contributed by atoms with van der Waals surface area (Å²) >= 11 is 0. The Hall–Kier alpha value is -1.79. The molecule has 0 amide bonds. The summed E-state index contributed by atoms with van der Waals surface area (Å²) in [6.45, 7) is 0.211. The maximum atomic E-state index is 12.3. The molecule has 1 N–H and O–H groups in total. The highest BCUT2D eigenvalue weighted by Crippen LogP contribution is 2.20. The standard InChI is InChI=1S/C8H6F2N2O3/c9-7(10)5-1-2-12-6(15-5)3-4(11-12)8(13)14/h3,7H,1-2H2/p+1. The van der Waals surface area contributed by atoms with E-state index in [1.165, 1.54) is 4.68 Å². The van der Waals surface area contributed by atoms with Crippen LogP contribution in [0.2, 0.25) is 0 Å². The Morgan fingerprint density at radius 1 is 1.67 bits per heavy atom. The molecule has 0 fully saturated rings. The van der Waals surface area contributed by atoms with Crippen LogP contribution in [0.5, 0.6) is 5.88 Å². The van der Waals surface area contributed by atoms with Crippen molar-refractivity contribution in [3.05, 3.63) is 11.8 Å². The molecule has 0 atom stereocenters. The molecule has 1 aromatic rings. The first-order valence-corrected chi connectivity index (χ1v) is 4.21. The molecule has 0 bridgehead atoms. The summed E-state index contributed by atoms with van der Waals surface area (Å²) in [5.41, 5.74) is -0.208. The second kappa shape index (κ2) is 3.41. The maximum Gasteiger partial charge on any atom is 0.451 e. The van der Waals surface area contributed by atoms with Crippen LogP contribution in [0.3, 0.4) is 0 Å². The molecule has 5 nitrogen and oxygen atoms in total. The summed E-state index contributed by atoms with van der Waals surface area (Å²) < 4.78 is 30.6. The maximum absolute atomic E-state index is 12.3. The van der Waals surface area contributed by atoms with Gasteiger partial charge in [-0.3, -0.25) is 0 Å². The van der Waals surface area contributed by atoms with Crippen LogP contribution in [0, 0.1) is 0 Å². The summed E-state index contributed by atoms with van der Waals surface area (Å²) in [6.07, 6.45) is -2.60. The van der Waals surface area contributed by atoms with Crippen molar-refractivity contribution in [1.29, 1.82) is 0 Å². The third kappa shape index (κ3) is 1.72. The van der Waals surface area contributed by atoms with E-state index >= 15 is 0 Å². The third-order valence-electron chi connectivity index (χ3n) is 2.01. The number of halogens is 2. The van der Waals surface area contributed by atoms with Gasteiger partial charge in [-0.15, -0.1) is 0 Å². The van der Waals surface area contributed by atoms with Crippen molar-refractivity contribution >= 4 is 11.8 Å². The van der Waals surface area contributed by atoms with Gasteiger partial charge in [0, 0.05) is 0 Å². The molecule has 0 unspecified atom stereocenters. The molecule has 2 heterocycles. The zero-order chi connectivity index (χ0) is 11.0. The highest BCUT2D eigenvalue weighted by Gasteiger charge is 2.33. The van der Waals surface area contributed by atoms with E-state index in [0.29, 0.717) is 0 Å². The molecule has 0 aliphatic carbocycles. The summed E-state index contributed by atoms with van der Waals surface area (Å²) in [5, 5.41) is 12.3. The molecule has 0 aromatic carbocycles. The molecule has 0 saturated heterocycles. The number of carbonyl (C=O) groups is 1. The first-order valence-electron chi connectivity index (χ1n) is 4.21. The SMILES string of the molecule is O=C(O)c1cc2n(n1)CCC(C(F)F)=[O+]2. The van der Waals surface area contributed by atoms with E-state index < -0.39 is 12.4 Å². The number of carboxylic acids is 1. The van der Waals surface area contributed by atoms with Crippen LogP contribution in [-0.4, -0.2) is 33.1 Å². The van der Waals surface area contributed by atoms with Crippen LogP contribution >= 0.6 is 0 Å². The molecule has 15 heavy (non-hydrogen) atoms. The molecular weight excluding hydrogens is 210 g/mol. The Bertz CT molecular complexity index is 439. The minimum atomic E-state index is -2.65. The van der Waals surface area contributed by atoms with Crippen molar-refractivity contribution in [1.82, 2.24) is 9.78 Å². The number of hydrogen-bond acceptors (Lipinski definition) is 2. The zero-order valence-corrected chi connectivity index (χ0v) is 7.48. The van der Waals surface area contributed by atoms with E-state index in [2.05, 4.69) is 5.10 Å². The fraction of sp³-hybridized carbons (Fsp3) is 0.375. The summed E-state index contributed by atoms with van der Waals surface area (Å²) in [4.78, 5) is 10.5. The number of carbonyl (C=O) groups excluding carboxylic acids is 1. The van der Waals surface area contributed by atoms with Crippen molar-refractivity contribution in [3.8, 4) is 5.88 Å².